The first-order valence-electron chi connectivity index (χ1n) is 7.57. The van der Waals surface area contributed by atoms with Gasteiger partial charge in [0, 0.05) is 12.6 Å². The second-order valence-corrected chi connectivity index (χ2v) is 6.00. The van der Waals surface area contributed by atoms with E-state index in [1.807, 2.05) is 4.90 Å². The molecular formula is C16H22N2O2. The van der Waals surface area contributed by atoms with Crippen molar-refractivity contribution < 1.29 is 9.90 Å². The van der Waals surface area contributed by atoms with E-state index < -0.39 is 0 Å². The topological polar surface area (TPSA) is 66.6 Å². The highest BCUT2D eigenvalue weighted by Crippen LogP contribution is 2.37. The molecule has 2 aliphatic rings. The largest absolute Gasteiger partial charge is 0.505 e. The maximum absolute atomic E-state index is 12.7. The number of hydrogen-bond donors (Lipinski definition) is 2. The summed E-state index contributed by atoms with van der Waals surface area (Å²) in [6.07, 6.45) is 7.12. The van der Waals surface area contributed by atoms with E-state index in [4.69, 9.17) is 5.73 Å². The molecule has 4 nitrogen and oxygen atoms in total. The number of carbonyl (C=O) groups is 1. The highest BCUT2D eigenvalue weighted by atomic mass is 16.3. The molecule has 1 aromatic rings. The Bertz CT molecular complexity index is 513. The monoisotopic (exact) mass is 274 g/mol. The number of nitrogens with zero attached hydrogens (tertiary/aromatic N) is 1. The summed E-state index contributed by atoms with van der Waals surface area (Å²) in [5.41, 5.74) is 6.31. The molecule has 1 aliphatic heterocycles. The average molecular weight is 274 g/mol. The first-order valence-corrected chi connectivity index (χ1v) is 7.57. The number of para-hydroxylation sites is 1. The maximum atomic E-state index is 12.7. The van der Waals surface area contributed by atoms with Gasteiger partial charge in [-0.05, 0) is 43.7 Å². The van der Waals surface area contributed by atoms with Crippen LogP contribution in [-0.4, -0.2) is 28.5 Å². The fourth-order valence-corrected chi connectivity index (χ4v) is 3.77. The van der Waals surface area contributed by atoms with Gasteiger partial charge in [0.1, 0.15) is 0 Å². The Kier molecular flexibility index (Phi) is 3.55. The van der Waals surface area contributed by atoms with Crippen LogP contribution in [0.15, 0.2) is 18.2 Å². The van der Waals surface area contributed by atoms with E-state index in [1.54, 1.807) is 18.2 Å². The molecule has 3 rings (SSSR count). The SMILES string of the molecule is Nc1cccc(C(=O)N2CCCC3CCCCC32)c1O. The van der Waals surface area contributed by atoms with Gasteiger partial charge in [0.15, 0.2) is 5.75 Å². The van der Waals surface area contributed by atoms with E-state index in [2.05, 4.69) is 0 Å². The number of benzene rings is 1. The quantitative estimate of drug-likeness (QED) is 0.611. The van der Waals surface area contributed by atoms with Crippen molar-refractivity contribution >= 4 is 11.6 Å². The molecule has 1 heterocycles. The second kappa shape index (κ2) is 5.35. The Hall–Kier alpha value is -1.71. The number of amides is 1. The zero-order valence-electron chi connectivity index (χ0n) is 11.7. The van der Waals surface area contributed by atoms with Gasteiger partial charge in [-0.25, -0.2) is 0 Å². The fraction of sp³-hybridized carbons (Fsp3) is 0.562. The summed E-state index contributed by atoms with van der Waals surface area (Å²) < 4.78 is 0. The molecule has 1 aromatic carbocycles. The molecule has 2 fully saturated rings. The van der Waals surface area contributed by atoms with Gasteiger partial charge in [-0.1, -0.05) is 18.9 Å². The van der Waals surface area contributed by atoms with Crippen LogP contribution in [0.4, 0.5) is 5.69 Å². The summed E-state index contributed by atoms with van der Waals surface area (Å²) in [6.45, 7) is 0.800. The van der Waals surface area contributed by atoms with Crippen molar-refractivity contribution in [2.75, 3.05) is 12.3 Å². The van der Waals surface area contributed by atoms with Gasteiger partial charge in [0.25, 0.3) is 5.91 Å². The van der Waals surface area contributed by atoms with E-state index in [0.29, 0.717) is 17.5 Å². The van der Waals surface area contributed by atoms with Crippen LogP contribution >= 0.6 is 0 Å². The van der Waals surface area contributed by atoms with Crippen LogP contribution in [0.2, 0.25) is 0 Å². The normalized spacial score (nSPS) is 26.1. The van der Waals surface area contributed by atoms with Crippen LogP contribution in [0.25, 0.3) is 0 Å². The Balaban J connectivity index is 1.87. The average Bonchev–Trinajstić information content (AvgIpc) is 2.49. The van der Waals surface area contributed by atoms with E-state index in [9.17, 15) is 9.90 Å². The van der Waals surface area contributed by atoms with E-state index in [1.165, 1.54) is 25.7 Å². The van der Waals surface area contributed by atoms with Crippen molar-refractivity contribution in [3.63, 3.8) is 0 Å². The van der Waals surface area contributed by atoms with Gasteiger partial charge in [-0.2, -0.15) is 0 Å². The van der Waals surface area contributed by atoms with Crippen molar-refractivity contribution in [1.29, 1.82) is 0 Å². The standard InChI is InChI=1S/C16H22N2O2/c17-13-8-3-7-12(15(13)19)16(20)18-10-4-6-11-5-1-2-9-14(11)18/h3,7-8,11,14,19H,1-2,4-6,9-10,17H2. The lowest BCUT2D eigenvalue weighted by atomic mass is 9.78. The number of anilines is 1. The van der Waals surface area contributed by atoms with Gasteiger partial charge in [0.05, 0.1) is 11.3 Å². The molecule has 1 aliphatic carbocycles. The molecule has 0 spiro atoms. The molecule has 2 atom stereocenters. The van der Waals surface area contributed by atoms with Crippen LogP contribution in [0.1, 0.15) is 48.9 Å². The maximum Gasteiger partial charge on any atom is 0.257 e. The molecule has 20 heavy (non-hydrogen) atoms. The van der Waals surface area contributed by atoms with Crippen molar-refractivity contribution in [1.82, 2.24) is 4.90 Å². The Morgan fingerprint density at radius 3 is 2.80 bits per heavy atom. The van der Waals surface area contributed by atoms with E-state index in [0.717, 1.165) is 19.4 Å². The first kappa shape index (κ1) is 13.3. The number of carbonyl (C=O) groups excluding carboxylic acids is 1. The van der Waals surface area contributed by atoms with Crippen LogP contribution < -0.4 is 5.73 Å². The van der Waals surface area contributed by atoms with Crippen molar-refractivity contribution in [3.8, 4) is 5.75 Å². The van der Waals surface area contributed by atoms with Crippen LogP contribution in [0, 0.1) is 5.92 Å². The summed E-state index contributed by atoms with van der Waals surface area (Å²) in [5, 5.41) is 10.0. The molecule has 0 bridgehead atoms. The van der Waals surface area contributed by atoms with Gasteiger partial charge in [0.2, 0.25) is 0 Å². The van der Waals surface area contributed by atoms with Gasteiger partial charge in [-0.3, -0.25) is 4.79 Å². The van der Waals surface area contributed by atoms with Gasteiger partial charge >= 0.3 is 0 Å². The Morgan fingerprint density at radius 1 is 1.20 bits per heavy atom. The summed E-state index contributed by atoms with van der Waals surface area (Å²) in [4.78, 5) is 14.7. The van der Waals surface area contributed by atoms with Crippen molar-refractivity contribution in [3.05, 3.63) is 23.8 Å². The number of phenols is 1. The van der Waals surface area contributed by atoms with E-state index >= 15 is 0 Å². The third-order valence-electron chi connectivity index (χ3n) is 4.80. The number of hydrogen-bond acceptors (Lipinski definition) is 3. The van der Waals surface area contributed by atoms with Crippen LogP contribution in [0.5, 0.6) is 5.75 Å². The number of piperidine rings is 1. The van der Waals surface area contributed by atoms with Gasteiger partial charge in [-0.15, -0.1) is 0 Å². The molecule has 1 amide bonds. The molecule has 1 saturated carbocycles. The highest BCUT2D eigenvalue weighted by Gasteiger charge is 2.36. The lowest BCUT2D eigenvalue weighted by Crippen LogP contribution is -2.49. The third-order valence-corrected chi connectivity index (χ3v) is 4.80. The molecule has 4 heteroatoms. The van der Waals surface area contributed by atoms with Crippen molar-refractivity contribution in [2.45, 2.75) is 44.6 Å². The number of nitrogens with two attached hydrogens (primary N) is 1. The summed E-state index contributed by atoms with van der Waals surface area (Å²) >= 11 is 0. The van der Waals surface area contributed by atoms with Crippen molar-refractivity contribution in [2.24, 2.45) is 5.92 Å². The molecule has 0 aromatic heterocycles. The van der Waals surface area contributed by atoms with Crippen LogP contribution in [0.3, 0.4) is 0 Å². The number of likely N-dealkylation sites (tertiary alicyclic amines) is 1. The van der Waals surface area contributed by atoms with Gasteiger partial charge < -0.3 is 15.7 Å². The smallest absolute Gasteiger partial charge is 0.257 e. The summed E-state index contributed by atoms with van der Waals surface area (Å²) in [5.74, 6) is 0.506. The Morgan fingerprint density at radius 2 is 1.95 bits per heavy atom. The molecule has 2 unspecified atom stereocenters. The predicted molar refractivity (Wildman–Crippen MR) is 78.5 cm³/mol. The fourth-order valence-electron chi connectivity index (χ4n) is 3.77. The zero-order chi connectivity index (χ0) is 14.1. The number of fused-ring (bicyclic) bond motifs is 1. The third kappa shape index (κ3) is 2.23. The molecular weight excluding hydrogens is 252 g/mol. The number of aromatic hydroxyl groups is 1. The molecule has 108 valence electrons. The van der Waals surface area contributed by atoms with E-state index in [-0.39, 0.29) is 17.3 Å². The molecule has 1 saturated heterocycles. The lowest BCUT2D eigenvalue weighted by molar-refractivity contribution is 0.0388. The Labute approximate surface area is 119 Å². The number of phenolic OH excluding ortho intramolecular Hbond substituents is 1. The van der Waals surface area contributed by atoms with Crippen LogP contribution in [-0.2, 0) is 0 Å². The first-order chi connectivity index (χ1) is 9.68. The zero-order valence-corrected chi connectivity index (χ0v) is 11.7. The lowest BCUT2D eigenvalue weighted by Gasteiger charge is -2.44. The minimum Gasteiger partial charge on any atom is -0.505 e. The second-order valence-electron chi connectivity index (χ2n) is 6.00. The number of rotatable bonds is 1. The number of nitrogen functional groups attached to an aromatic ring is 1. The minimum absolute atomic E-state index is 0.0635. The molecule has 0 radical (unpaired) electrons. The summed E-state index contributed by atoms with van der Waals surface area (Å²) in [7, 11) is 0. The summed E-state index contributed by atoms with van der Waals surface area (Å²) in [6, 6.07) is 5.36. The minimum atomic E-state index is -0.0737. The molecule has 3 N–H and O–H groups in total. The highest BCUT2D eigenvalue weighted by molar-refractivity contribution is 5.98. The predicted octanol–water partition coefficient (Wildman–Crippen LogP) is 2.77.